The molecule has 0 bridgehead atoms. The standard InChI is InChI=1S/C21H21N3O2/c1-24-14-19(13-23-24)16-4-2-5-18(11-16)21(25)22-12-15-7-8-20-17(10-15)6-3-9-26-20/h2,4-5,7-8,10-11,13-14H,3,6,9,12H2,1H3,(H,22,25). The second kappa shape index (κ2) is 7.04. The summed E-state index contributed by atoms with van der Waals surface area (Å²) in [6.07, 6.45) is 5.81. The van der Waals surface area contributed by atoms with Crippen molar-refractivity contribution in [2.75, 3.05) is 6.61 Å². The molecule has 3 aromatic rings. The average molecular weight is 347 g/mol. The summed E-state index contributed by atoms with van der Waals surface area (Å²) in [7, 11) is 1.88. The molecule has 1 amide bonds. The average Bonchev–Trinajstić information content (AvgIpc) is 3.12. The van der Waals surface area contributed by atoms with Crippen molar-refractivity contribution in [3.05, 3.63) is 71.5 Å². The Morgan fingerprint density at radius 2 is 2.15 bits per heavy atom. The van der Waals surface area contributed by atoms with Crippen LogP contribution < -0.4 is 10.1 Å². The predicted molar refractivity (Wildman–Crippen MR) is 100 cm³/mol. The van der Waals surface area contributed by atoms with Gasteiger partial charge >= 0.3 is 0 Å². The fourth-order valence-corrected chi connectivity index (χ4v) is 3.22. The first kappa shape index (κ1) is 16.4. The summed E-state index contributed by atoms with van der Waals surface area (Å²) in [6.45, 7) is 1.29. The molecule has 4 rings (SSSR count). The van der Waals surface area contributed by atoms with E-state index in [-0.39, 0.29) is 5.91 Å². The second-order valence-electron chi connectivity index (χ2n) is 6.56. The first-order valence-corrected chi connectivity index (χ1v) is 8.81. The summed E-state index contributed by atoms with van der Waals surface area (Å²) in [4.78, 5) is 12.5. The fraction of sp³-hybridized carbons (Fsp3) is 0.238. The molecule has 1 aliphatic rings. The van der Waals surface area contributed by atoms with Crippen LogP contribution in [0.2, 0.25) is 0 Å². The third-order valence-corrected chi connectivity index (χ3v) is 4.59. The summed E-state index contributed by atoms with van der Waals surface area (Å²) in [6, 6.07) is 13.7. The van der Waals surface area contributed by atoms with Crippen molar-refractivity contribution in [3.8, 4) is 16.9 Å². The molecule has 1 aliphatic heterocycles. The molecule has 2 aromatic carbocycles. The lowest BCUT2D eigenvalue weighted by molar-refractivity contribution is 0.0951. The Labute approximate surface area is 152 Å². The lowest BCUT2D eigenvalue weighted by Gasteiger charge is -2.18. The highest BCUT2D eigenvalue weighted by atomic mass is 16.5. The van der Waals surface area contributed by atoms with Gasteiger partial charge in [0.15, 0.2) is 0 Å². The number of aromatic nitrogens is 2. The molecule has 0 radical (unpaired) electrons. The maximum absolute atomic E-state index is 12.5. The van der Waals surface area contributed by atoms with Gasteiger partial charge in [-0.05, 0) is 47.7 Å². The number of hydrogen-bond acceptors (Lipinski definition) is 3. The van der Waals surface area contributed by atoms with E-state index in [4.69, 9.17) is 4.74 Å². The number of benzene rings is 2. The van der Waals surface area contributed by atoms with E-state index in [1.165, 1.54) is 5.56 Å². The molecule has 0 saturated carbocycles. The monoisotopic (exact) mass is 347 g/mol. The van der Waals surface area contributed by atoms with Gasteiger partial charge in [0.1, 0.15) is 5.75 Å². The molecule has 1 aromatic heterocycles. The number of nitrogens with zero attached hydrogens (tertiary/aromatic N) is 2. The highest BCUT2D eigenvalue weighted by Crippen LogP contribution is 2.25. The molecule has 0 aliphatic carbocycles. The molecule has 5 heteroatoms. The van der Waals surface area contributed by atoms with Crippen LogP contribution in [0.3, 0.4) is 0 Å². The van der Waals surface area contributed by atoms with Gasteiger partial charge in [-0.2, -0.15) is 5.10 Å². The quantitative estimate of drug-likeness (QED) is 0.787. The Bertz CT molecular complexity index is 946. The van der Waals surface area contributed by atoms with E-state index >= 15 is 0 Å². The van der Waals surface area contributed by atoms with E-state index in [0.29, 0.717) is 12.1 Å². The molecule has 0 unspecified atom stereocenters. The van der Waals surface area contributed by atoms with Crippen molar-refractivity contribution >= 4 is 5.91 Å². The Morgan fingerprint density at radius 3 is 3.00 bits per heavy atom. The van der Waals surface area contributed by atoms with Gasteiger partial charge < -0.3 is 10.1 Å². The molecule has 0 fully saturated rings. The number of hydrogen-bond donors (Lipinski definition) is 1. The molecule has 0 saturated heterocycles. The number of amides is 1. The highest BCUT2D eigenvalue weighted by molar-refractivity contribution is 5.95. The fourth-order valence-electron chi connectivity index (χ4n) is 3.22. The van der Waals surface area contributed by atoms with Crippen molar-refractivity contribution in [1.82, 2.24) is 15.1 Å². The third-order valence-electron chi connectivity index (χ3n) is 4.59. The van der Waals surface area contributed by atoms with Crippen molar-refractivity contribution in [2.45, 2.75) is 19.4 Å². The lowest BCUT2D eigenvalue weighted by atomic mass is 10.0. The Hall–Kier alpha value is -3.08. The topological polar surface area (TPSA) is 56.2 Å². The summed E-state index contributed by atoms with van der Waals surface area (Å²) >= 11 is 0. The summed E-state index contributed by atoms with van der Waals surface area (Å²) in [5.74, 6) is 0.889. The van der Waals surface area contributed by atoms with Gasteiger partial charge in [-0.15, -0.1) is 0 Å². The second-order valence-corrected chi connectivity index (χ2v) is 6.56. The van der Waals surface area contributed by atoms with Crippen LogP contribution in [0.4, 0.5) is 0 Å². The summed E-state index contributed by atoms with van der Waals surface area (Å²) < 4.78 is 7.39. The van der Waals surface area contributed by atoms with Gasteiger partial charge in [0, 0.05) is 30.9 Å². The first-order chi connectivity index (χ1) is 12.7. The maximum Gasteiger partial charge on any atom is 0.251 e. The number of nitrogens with one attached hydrogen (secondary N) is 1. The van der Waals surface area contributed by atoms with Gasteiger partial charge in [-0.25, -0.2) is 0 Å². The van der Waals surface area contributed by atoms with Crippen molar-refractivity contribution < 1.29 is 9.53 Å². The molecule has 1 N–H and O–H groups in total. The molecule has 132 valence electrons. The third kappa shape index (κ3) is 3.47. The van der Waals surface area contributed by atoms with Gasteiger partial charge in [0.2, 0.25) is 0 Å². The number of carbonyl (C=O) groups is 1. The number of aryl methyl sites for hydroxylation is 2. The number of carbonyl (C=O) groups excluding carboxylic acids is 1. The molecule has 26 heavy (non-hydrogen) atoms. The van der Waals surface area contributed by atoms with Crippen LogP contribution in [0.15, 0.2) is 54.9 Å². The SMILES string of the molecule is Cn1cc(-c2cccc(C(=O)NCc3ccc4c(c3)CCCO4)c2)cn1. The van der Waals surface area contributed by atoms with Crippen LogP contribution in [-0.2, 0) is 20.0 Å². The number of rotatable bonds is 4. The van der Waals surface area contributed by atoms with Gasteiger partial charge in [-0.3, -0.25) is 9.48 Å². The van der Waals surface area contributed by atoms with Crippen molar-refractivity contribution in [2.24, 2.45) is 7.05 Å². The van der Waals surface area contributed by atoms with E-state index in [1.807, 2.05) is 49.6 Å². The van der Waals surface area contributed by atoms with Gasteiger partial charge in [0.05, 0.1) is 12.8 Å². The smallest absolute Gasteiger partial charge is 0.251 e. The van der Waals surface area contributed by atoms with Crippen LogP contribution >= 0.6 is 0 Å². The largest absolute Gasteiger partial charge is 0.493 e. The molecule has 0 spiro atoms. The van der Waals surface area contributed by atoms with Crippen LogP contribution in [0.25, 0.3) is 11.1 Å². The Kier molecular flexibility index (Phi) is 4.44. The van der Waals surface area contributed by atoms with E-state index in [0.717, 1.165) is 41.9 Å². The maximum atomic E-state index is 12.5. The number of ether oxygens (including phenoxy) is 1. The van der Waals surface area contributed by atoms with E-state index in [1.54, 1.807) is 10.9 Å². The normalized spacial score (nSPS) is 13.0. The minimum Gasteiger partial charge on any atom is -0.493 e. The minimum absolute atomic E-state index is 0.0790. The van der Waals surface area contributed by atoms with Crippen LogP contribution in [-0.4, -0.2) is 22.3 Å². The van der Waals surface area contributed by atoms with E-state index in [2.05, 4.69) is 16.5 Å². The minimum atomic E-state index is -0.0790. The van der Waals surface area contributed by atoms with E-state index in [9.17, 15) is 4.79 Å². The highest BCUT2D eigenvalue weighted by Gasteiger charge is 2.12. The first-order valence-electron chi connectivity index (χ1n) is 8.81. The molecular weight excluding hydrogens is 326 g/mol. The molecule has 2 heterocycles. The summed E-state index contributed by atoms with van der Waals surface area (Å²) in [5, 5.41) is 7.19. The van der Waals surface area contributed by atoms with Crippen LogP contribution in [0.1, 0.15) is 27.9 Å². The van der Waals surface area contributed by atoms with Crippen LogP contribution in [0.5, 0.6) is 5.75 Å². The van der Waals surface area contributed by atoms with Crippen LogP contribution in [0, 0.1) is 0 Å². The Balaban J connectivity index is 1.45. The predicted octanol–water partition coefficient (Wildman–Crippen LogP) is 3.34. The van der Waals surface area contributed by atoms with Crippen molar-refractivity contribution in [3.63, 3.8) is 0 Å². The molecular formula is C21H21N3O2. The Morgan fingerprint density at radius 1 is 1.23 bits per heavy atom. The molecule has 5 nitrogen and oxygen atoms in total. The van der Waals surface area contributed by atoms with Gasteiger partial charge in [-0.1, -0.05) is 24.3 Å². The zero-order valence-electron chi connectivity index (χ0n) is 14.7. The number of fused-ring (bicyclic) bond motifs is 1. The summed E-state index contributed by atoms with van der Waals surface area (Å²) in [5.41, 5.74) is 4.94. The zero-order chi connectivity index (χ0) is 17.9. The van der Waals surface area contributed by atoms with E-state index < -0.39 is 0 Å². The zero-order valence-corrected chi connectivity index (χ0v) is 14.7. The van der Waals surface area contributed by atoms with Gasteiger partial charge in [0.25, 0.3) is 5.91 Å². The molecule has 0 atom stereocenters. The lowest BCUT2D eigenvalue weighted by Crippen LogP contribution is -2.23. The van der Waals surface area contributed by atoms with Crippen molar-refractivity contribution in [1.29, 1.82) is 0 Å².